The smallest absolute Gasteiger partial charge is 0.260 e. The van der Waals surface area contributed by atoms with E-state index in [1.54, 1.807) is 12.1 Å². The van der Waals surface area contributed by atoms with Gasteiger partial charge in [0.25, 0.3) is 5.56 Å². The molecule has 2 aromatic carbocycles. The third-order valence-electron chi connectivity index (χ3n) is 4.06. The molecule has 0 fully saturated rings. The number of halogens is 1. The maximum Gasteiger partial charge on any atom is 0.260 e. The van der Waals surface area contributed by atoms with Crippen molar-refractivity contribution in [1.29, 1.82) is 0 Å². The normalized spacial score (nSPS) is 11.1. The van der Waals surface area contributed by atoms with E-state index < -0.39 is 0 Å². The average Bonchev–Trinajstić information content (AvgIpc) is 2.97. The molecule has 0 aliphatic rings. The molecule has 0 amide bonds. The van der Waals surface area contributed by atoms with Gasteiger partial charge in [0.1, 0.15) is 5.82 Å². The van der Waals surface area contributed by atoms with E-state index in [-0.39, 0.29) is 11.4 Å². The molecule has 5 heteroatoms. The van der Waals surface area contributed by atoms with Gasteiger partial charge in [0, 0.05) is 17.4 Å². The topological polar surface area (TPSA) is 50.7 Å². The number of aryl methyl sites for hydroxylation is 1. The highest BCUT2D eigenvalue weighted by molar-refractivity contribution is 5.94. The van der Waals surface area contributed by atoms with Crippen LogP contribution in [-0.2, 0) is 0 Å². The predicted molar refractivity (Wildman–Crippen MR) is 91.8 cm³/mol. The summed E-state index contributed by atoms with van der Waals surface area (Å²) in [5, 5.41) is 0.490. The zero-order valence-electron chi connectivity index (χ0n) is 13.0. The summed E-state index contributed by atoms with van der Waals surface area (Å²) >= 11 is 0. The Hall–Kier alpha value is -3.21. The van der Waals surface area contributed by atoms with Gasteiger partial charge in [-0.2, -0.15) is 0 Å². The van der Waals surface area contributed by atoms with Crippen LogP contribution in [0.5, 0.6) is 0 Å². The molecule has 2 heterocycles. The van der Waals surface area contributed by atoms with E-state index in [1.807, 2.05) is 42.0 Å². The van der Waals surface area contributed by atoms with Crippen LogP contribution in [-0.4, -0.2) is 14.5 Å². The summed E-state index contributed by atoms with van der Waals surface area (Å²) in [5.74, 6) is -0.312. The van der Waals surface area contributed by atoms with E-state index >= 15 is 0 Å². The monoisotopic (exact) mass is 319 g/mol. The lowest BCUT2D eigenvalue weighted by molar-refractivity contribution is 0.628. The zero-order valence-corrected chi connectivity index (χ0v) is 13.0. The predicted octanol–water partition coefficient (Wildman–Crippen LogP) is 3.83. The lowest BCUT2D eigenvalue weighted by Crippen LogP contribution is -2.07. The lowest BCUT2D eigenvalue weighted by atomic mass is 10.1. The number of nitrogens with zero attached hydrogens (tertiary/aromatic N) is 2. The van der Waals surface area contributed by atoms with Crippen LogP contribution < -0.4 is 5.56 Å². The highest BCUT2D eigenvalue weighted by Crippen LogP contribution is 2.29. The Balaban J connectivity index is 2.03. The zero-order chi connectivity index (χ0) is 16.7. The highest BCUT2D eigenvalue weighted by Gasteiger charge is 2.15. The summed E-state index contributed by atoms with van der Waals surface area (Å²) in [5.41, 5.74) is 3.91. The van der Waals surface area contributed by atoms with Crippen molar-refractivity contribution < 1.29 is 4.39 Å². The minimum absolute atomic E-state index is 0.217. The van der Waals surface area contributed by atoms with Gasteiger partial charge in [0.2, 0.25) is 0 Å². The van der Waals surface area contributed by atoms with Crippen LogP contribution in [0.3, 0.4) is 0 Å². The summed E-state index contributed by atoms with van der Waals surface area (Å²) in [7, 11) is 0. The molecule has 4 rings (SSSR count). The number of hydrogen-bond acceptors (Lipinski definition) is 2. The number of H-pyrrole nitrogens is 1. The van der Waals surface area contributed by atoms with E-state index in [9.17, 15) is 9.18 Å². The second-order valence-electron chi connectivity index (χ2n) is 5.69. The minimum Gasteiger partial charge on any atom is -0.312 e. The van der Waals surface area contributed by atoms with Crippen LogP contribution in [0.15, 0.2) is 65.8 Å². The molecule has 0 aliphatic heterocycles. The van der Waals surface area contributed by atoms with Gasteiger partial charge in [-0.1, -0.05) is 29.8 Å². The minimum atomic E-state index is -0.312. The molecule has 24 heavy (non-hydrogen) atoms. The number of nitrogens with one attached hydrogen (secondary N) is 1. The number of aromatic amines is 1. The fourth-order valence-corrected chi connectivity index (χ4v) is 2.82. The standard InChI is InChI=1S/C19H14FN3O/c1-12-2-8-15(9-3-12)23-10-16(13-4-6-14(20)7-5-13)17-18(23)21-11-22-19(17)24/h2-11H,1H3,(H,21,22,24). The van der Waals surface area contributed by atoms with Crippen molar-refractivity contribution in [1.82, 2.24) is 14.5 Å². The highest BCUT2D eigenvalue weighted by atomic mass is 19.1. The fraction of sp³-hybridized carbons (Fsp3) is 0.0526. The van der Waals surface area contributed by atoms with Crippen molar-refractivity contribution in [3.63, 3.8) is 0 Å². The third-order valence-corrected chi connectivity index (χ3v) is 4.06. The Morgan fingerprint density at radius 3 is 2.46 bits per heavy atom. The van der Waals surface area contributed by atoms with Crippen LogP contribution in [0.4, 0.5) is 4.39 Å². The van der Waals surface area contributed by atoms with E-state index in [0.717, 1.165) is 22.4 Å². The van der Waals surface area contributed by atoms with Crippen molar-refractivity contribution in [3.05, 3.63) is 82.8 Å². The second-order valence-corrected chi connectivity index (χ2v) is 5.69. The van der Waals surface area contributed by atoms with Gasteiger partial charge in [-0.3, -0.25) is 4.79 Å². The van der Waals surface area contributed by atoms with Gasteiger partial charge >= 0.3 is 0 Å². The van der Waals surface area contributed by atoms with Gasteiger partial charge in [-0.25, -0.2) is 9.37 Å². The van der Waals surface area contributed by atoms with Gasteiger partial charge in [0.15, 0.2) is 5.65 Å². The first-order valence-corrected chi connectivity index (χ1v) is 7.55. The summed E-state index contributed by atoms with van der Waals surface area (Å²) in [6, 6.07) is 14.1. The van der Waals surface area contributed by atoms with Crippen LogP contribution in [0.2, 0.25) is 0 Å². The number of aromatic nitrogens is 3. The van der Waals surface area contributed by atoms with Crippen LogP contribution in [0.25, 0.3) is 27.8 Å². The quantitative estimate of drug-likeness (QED) is 0.610. The Kier molecular flexibility index (Phi) is 3.27. The molecule has 0 radical (unpaired) electrons. The van der Waals surface area contributed by atoms with Gasteiger partial charge in [-0.15, -0.1) is 0 Å². The van der Waals surface area contributed by atoms with Crippen LogP contribution in [0, 0.1) is 12.7 Å². The van der Waals surface area contributed by atoms with E-state index in [2.05, 4.69) is 9.97 Å². The Labute approximate surface area is 137 Å². The summed E-state index contributed by atoms with van der Waals surface area (Å²) in [6.07, 6.45) is 3.26. The second kappa shape index (κ2) is 5.45. The SMILES string of the molecule is Cc1ccc(-n2cc(-c3ccc(F)cc3)c3c(=O)[nH]cnc32)cc1. The van der Waals surface area contributed by atoms with Gasteiger partial charge < -0.3 is 9.55 Å². The Morgan fingerprint density at radius 1 is 1.04 bits per heavy atom. The molecule has 0 bridgehead atoms. The number of benzene rings is 2. The van der Waals surface area contributed by atoms with Crippen molar-refractivity contribution in [3.8, 4) is 16.8 Å². The first kappa shape index (κ1) is 14.4. The molecule has 0 saturated heterocycles. The average molecular weight is 319 g/mol. The van der Waals surface area contributed by atoms with Crippen LogP contribution in [0.1, 0.15) is 5.56 Å². The van der Waals surface area contributed by atoms with E-state index in [1.165, 1.54) is 18.5 Å². The van der Waals surface area contributed by atoms with Crippen molar-refractivity contribution in [2.45, 2.75) is 6.92 Å². The molecule has 0 spiro atoms. The molecule has 0 unspecified atom stereocenters. The number of rotatable bonds is 2. The maximum atomic E-state index is 13.2. The molecule has 0 aliphatic carbocycles. The number of fused-ring (bicyclic) bond motifs is 1. The van der Waals surface area contributed by atoms with E-state index in [0.29, 0.717) is 11.0 Å². The van der Waals surface area contributed by atoms with Gasteiger partial charge in [0.05, 0.1) is 11.7 Å². The fourth-order valence-electron chi connectivity index (χ4n) is 2.82. The molecule has 0 atom stereocenters. The molecule has 4 aromatic rings. The molecule has 1 N–H and O–H groups in total. The molecule has 4 nitrogen and oxygen atoms in total. The molecule has 118 valence electrons. The first-order chi connectivity index (χ1) is 11.6. The molecule has 0 saturated carbocycles. The third kappa shape index (κ3) is 2.31. The number of hydrogen-bond donors (Lipinski definition) is 1. The lowest BCUT2D eigenvalue weighted by Gasteiger charge is -2.04. The molecular formula is C19H14FN3O. The summed E-state index contributed by atoms with van der Waals surface area (Å²) < 4.78 is 15.1. The molecular weight excluding hydrogens is 305 g/mol. The largest absolute Gasteiger partial charge is 0.312 e. The van der Waals surface area contributed by atoms with Crippen molar-refractivity contribution >= 4 is 11.0 Å². The van der Waals surface area contributed by atoms with Crippen LogP contribution >= 0.6 is 0 Å². The summed E-state index contributed by atoms with van der Waals surface area (Å²) in [6.45, 7) is 2.02. The van der Waals surface area contributed by atoms with Crippen molar-refractivity contribution in [2.75, 3.05) is 0 Å². The first-order valence-electron chi connectivity index (χ1n) is 7.55. The summed E-state index contributed by atoms with van der Waals surface area (Å²) in [4.78, 5) is 19.3. The van der Waals surface area contributed by atoms with Crippen molar-refractivity contribution in [2.24, 2.45) is 0 Å². The maximum absolute atomic E-state index is 13.2. The van der Waals surface area contributed by atoms with E-state index in [4.69, 9.17) is 0 Å². The Bertz CT molecular complexity index is 1080. The van der Waals surface area contributed by atoms with Gasteiger partial charge in [-0.05, 0) is 36.8 Å². The Morgan fingerprint density at radius 2 is 1.75 bits per heavy atom. The molecule has 2 aromatic heterocycles.